The fraction of sp³-hybridized carbons (Fsp3) is 0.250. The standard InChI is InChI=1S/C24H20F3NO4/c1-30-21-11-19(13-28-14-21)16-4-6-17(7-5-16)22-12-18(23(29)31-22)10-15-2-8-20(9-3-15)32-24(25,26)27/h2-9,11,13-14,18,22H,10,12H2,1H3. The van der Waals surface area contributed by atoms with E-state index >= 15 is 0 Å². The van der Waals surface area contributed by atoms with Gasteiger partial charge < -0.3 is 14.2 Å². The van der Waals surface area contributed by atoms with Gasteiger partial charge in [-0.3, -0.25) is 9.78 Å². The third kappa shape index (κ3) is 5.19. The smallest absolute Gasteiger partial charge is 0.495 e. The molecule has 2 atom stereocenters. The summed E-state index contributed by atoms with van der Waals surface area (Å²) in [6.45, 7) is 0. The van der Waals surface area contributed by atoms with Gasteiger partial charge in [0.05, 0.1) is 19.2 Å². The molecule has 1 aliphatic heterocycles. The first-order valence-corrected chi connectivity index (χ1v) is 9.95. The Morgan fingerprint density at radius 2 is 1.72 bits per heavy atom. The zero-order chi connectivity index (χ0) is 22.7. The molecular formula is C24H20F3NO4. The minimum absolute atomic E-state index is 0.292. The number of nitrogens with zero attached hydrogens (tertiary/aromatic N) is 1. The molecule has 32 heavy (non-hydrogen) atoms. The van der Waals surface area contributed by atoms with Crippen LogP contribution in [0.25, 0.3) is 11.1 Å². The summed E-state index contributed by atoms with van der Waals surface area (Å²) >= 11 is 0. The summed E-state index contributed by atoms with van der Waals surface area (Å²) in [5.74, 6) is -0.306. The predicted molar refractivity (Wildman–Crippen MR) is 110 cm³/mol. The normalized spacial score (nSPS) is 18.3. The number of alkyl halides is 3. The minimum Gasteiger partial charge on any atom is -0.495 e. The number of pyridine rings is 1. The molecule has 0 bridgehead atoms. The van der Waals surface area contributed by atoms with E-state index in [-0.39, 0.29) is 23.7 Å². The second kappa shape index (κ2) is 8.90. The number of hydrogen-bond donors (Lipinski definition) is 0. The van der Waals surface area contributed by atoms with Crippen LogP contribution in [0.15, 0.2) is 67.0 Å². The molecule has 2 unspecified atom stereocenters. The third-order valence-corrected chi connectivity index (χ3v) is 5.29. The summed E-state index contributed by atoms with van der Waals surface area (Å²) in [4.78, 5) is 16.5. The Bertz CT molecular complexity index is 1080. The Morgan fingerprint density at radius 1 is 1.00 bits per heavy atom. The Morgan fingerprint density at radius 3 is 2.38 bits per heavy atom. The van der Waals surface area contributed by atoms with Crippen molar-refractivity contribution in [1.82, 2.24) is 4.98 Å². The predicted octanol–water partition coefficient (Wildman–Crippen LogP) is 5.50. The van der Waals surface area contributed by atoms with E-state index in [2.05, 4.69) is 9.72 Å². The van der Waals surface area contributed by atoms with E-state index < -0.39 is 6.36 Å². The lowest BCUT2D eigenvalue weighted by Crippen LogP contribution is -2.17. The maximum atomic E-state index is 12.4. The Balaban J connectivity index is 1.40. The average Bonchev–Trinajstić information content (AvgIpc) is 3.14. The van der Waals surface area contributed by atoms with Crippen molar-refractivity contribution in [2.75, 3.05) is 7.11 Å². The molecule has 2 heterocycles. The monoisotopic (exact) mass is 443 g/mol. The zero-order valence-corrected chi connectivity index (χ0v) is 17.1. The molecule has 1 saturated heterocycles. The Labute approximate surface area is 182 Å². The summed E-state index contributed by atoms with van der Waals surface area (Å²) in [5.41, 5.74) is 3.50. The maximum absolute atomic E-state index is 12.4. The molecule has 4 rings (SSSR count). The van der Waals surface area contributed by atoms with Crippen molar-refractivity contribution in [3.05, 3.63) is 78.1 Å². The highest BCUT2D eigenvalue weighted by Crippen LogP contribution is 2.36. The average molecular weight is 443 g/mol. The second-order valence-electron chi connectivity index (χ2n) is 7.49. The van der Waals surface area contributed by atoms with E-state index in [0.29, 0.717) is 18.6 Å². The van der Waals surface area contributed by atoms with E-state index in [9.17, 15) is 18.0 Å². The Kier molecular flexibility index (Phi) is 6.03. The van der Waals surface area contributed by atoms with Crippen LogP contribution in [0.1, 0.15) is 23.7 Å². The molecule has 1 fully saturated rings. The van der Waals surface area contributed by atoms with E-state index in [4.69, 9.17) is 9.47 Å². The van der Waals surface area contributed by atoms with Gasteiger partial charge in [-0.1, -0.05) is 36.4 Å². The highest BCUT2D eigenvalue weighted by atomic mass is 19.4. The number of aromatic nitrogens is 1. The molecule has 0 radical (unpaired) electrons. The van der Waals surface area contributed by atoms with E-state index in [1.54, 1.807) is 19.5 Å². The number of esters is 1. The van der Waals surface area contributed by atoms with Crippen molar-refractivity contribution in [3.8, 4) is 22.6 Å². The summed E-state index contributed by atoms with van der Waals surface area (Å²) in [7, 11) is 1.58. The Hall–Kier alpha value is -3.55. The number of carbonyl (C=O) groups is 1. The third-order valence-electron chi connectivity index (χ3n) is 5.29. The van der Waals surface area contributed by atoms with Crippen molar-refractivity contribution in [1.29, 1.82) is 0 Å². The first kappa shape index (κ1) is 21.7. The quantitative estimate of drug-likeness (QED) is 0.471. The van der Waals surface area contributed by atoms with Crippen molar-refractivity contribution >= 4 is 5.97 Å². The molecule has 166 valence electrons. The number of carbonyl (C=O) groups excluding carboxylic acids is 1. The molecule has 1 aromatic heterocycles. The second-order valence-corrected chi connectivity index (χ2v) is 7.49. The summed E-state index contributed by atoms with van der Waals surface area (Å²) < 4.78 is 51.5. The highest BCUT2D eigenvalue weighted by Gasteiger charge is 2.35. The van der Waals surface area contributed by atoms with Crippen molar-refractivity contribution in [2.45, 2.75) is 25.3 Å². The van der Waals surface area contributed by atoms with Gasteiger partial charge in [-0.05, 0) is 41.3 Å². The molecule has 3 aromatic rings. The van der Waals surface area contributed by atoms with Gasteiger partial charge in [0.1, 0.15) is 17.6 Å². The van der Waals surface area contributed by atoms with Crippen molar-refractivity contribution in [2.24, 2.45) is 5.92 Å². The number of hydrogen-bond acceptors (Lipinski definition) is 5. The van der Waals surface area contributed by atoms with Crippen LogP contribution >= 0.6 is 0 Å². The number of rotatable bonds is 6. The molecule has 0 aliphatic carbocycles. The molecule has 5 nitrogen and oxygen atoms in total. The van der Waals surface area contributed by atoms with Crippen LogP contribution in [0.4, 0.5) is 13.2 Å². The van der Waals surface area contributed by atoms with Crippen molar-refractivity contribution < 1.29 is 32.2 Å². The summed E-state index contributed by atoms with van der Waals surface area (Å²) in [5, 5.41) is 0. The van der Waals surface area contributed by atoms with Gasteiger partial charge in [0.25, 0.3) is 0 Å². The molecular weight excluding hydrogens is 423 g/mol. The highest BCUT2D eigenvalue weighted by molar-refractivity contribution is 5.75. The van der Waals surface area contributed by atoms with Gasteiger partial charge in [-0.25, -0.2) is 0 Å². The maximum Gasteiger partial charge on any atom is 0.573 e. The van der Waals surface area contributed by atoms with Crippen LogP contribution in [0.5, 0.6) is 11.5 Å². The zero-order valence-electron chi connectivity index (χ0n) is 17.1. The fourth-order valence-electron chi connectivity index (χ4n) is 3.70. The number of ether oxygens (including phenoxy) is 3. The molecule has 8 heteroatoms. The molecule has 0 amide bonds. The number of cyclic esters (lactones) is 1. The van der Waals surface area contributed by atoms with Crippen LogP contribution in [0.3, 0.4) is 0 Å². The van der Waals surface area contributed by atoms with Crippen LogP contribution in [-0.2, 0) is 16.0 Å². The van der Waals surface area contributed by atoms with Crippen LogP contribution in [-0.4, -0.2) is 24.4 Å². The first-order valence-electron chi connectivity index (χ1n) is 9.95. The summed E-state index contributed by atoms with van der Waals surface area (Å²) in [6, 6.07) is 15.1. The lowest BCUT2D eigenvalue weighted by atomic mass is 9.93. The van der Waals surface area contributed by atoms with Crippen molar-refractivity contribution in [3.63, 3.8) is 0 Å². The topological polar surface area (TPSA) is 57.7 Å². The van der Waals surface area contributed by atoms with E-state index in [1.165, 1.54) is 24.3 Å². The van der Waals surface area contributed by atoms with Crippen LogP contribution < -0.4 is 9.47 Å². The van der Waals surface area contributed by atoms with Crippen LogP contribution in [0, 0.1) is 5.92 Å². The summed E-state index contributed by atoms with van der Waals surface area (Å²) in [6.07, 6.45) is -0.837. The molecule has 0 saturated carbocycles. The molecule has 0 N–H and O–H groups in total. The molecule has 2 aromatic carbocycles. The van der Waals surface area contributed by atoms with Gasteiger partial charge in [0.2, 0.25) is 0 Å². The van der Waals surface area contributed by atoms with Gasteiger partial charge in [-0.2, -0.15) is 0 Å². The SMILES string of the molecule is COc1cncc(-c2ccc(C3CC(Cc4ccc(OC(F)(F)F)cc4)C(=O)O3)cc2)c1. The number of methoxy groups -OCH3 is 1. The lowest BCUT2D eigenvalue weighted by Gasteiger charge is -2.11. The number of halogens is 3. The molecule has 0 spiro atoms. The van der Waals surface area contributed by atoms with Gasteiger partial charge >= 0.3 is 12.3 Å². The fourth-order valence-corrected chi connectivity index (χ4v) is 3.70. The van der Waals surface area contributed by atoms with Crippen LogP contribution in [0.2, 0.25) is 0 Å². The van der Waals surface area contributed by atoms with E-state index in [1.807, 2.05) is 30.3 Å². The van der Waals surface area contributed by atoms with Gasteiger partial charge in [0.15, 0.2) is 0 Å². The number of benzene rings is 2. The lowest BCUT2D eigenvalue weighted by molar-refractivity contribution is -0.274. The first-order chi connectivity index (χ1) is 15.3. The van der Waals surface area contributed by atoms with Gasteiger partial charge in [-0.15, -0.1) is 13.2 Å². The van der Waals surface area contributed by atoms with Gasteiger partial charge in [0, 0.05) is 18.2 Å². The largest absolute Gasteiger partial charge is 0.573 e. The van der Waals surface area contributed by atoms with E-state index in [0.717, 1.165) is 22.3 Å². The minimum atomic E-state index is -4.73. The molecule has 1 aliphatic rings.